The molecular formula is C13H23N3S. The molecule has 0 unspecified atom stereocenters. The number of aromatic nitrogens is 2. The Morgan fingerprint density at radius 1 is 1.41 bits per heavy atom. The van der Waals surface area contributed by atoms with Gasteiger partial charge in [-0.2, -0.15) is 5.10 Å². The van der Waals surface area contributed by atoms with E-state index in [9.17, 15) is 0 Å². The third-order valence-corrected chi connectivity index (χ3v) is 4.96. The van der Waals surface area contributed by atoms with Crippen molar-refractivity contribution in [3.63, 3.8) is 0 Å². The van der Waals surface area contributed by atoms with Gasteiger partial charge in [-0.15, -0.1) is 11.8 Å². The van der Waals surface area contributed by atoms with E-state index < -0.39 is 0 Å². The average molecular weight is 253 g/mol. The summed E-state index contributed by atoms with van der Waals surface area (Å²) in [6.45, 7) is 6.23. The van der Waals surface area contributed by atoms with E-state index in [1.54, 1.807) is 0 Å². The second-order valence-electron chi connectivity index (χ2n) is 4.80. The lowest BCUT2D eigenvalue weighted by molar-refractivity contribution is 0.671. The van der Waals surface area contributed by atoms with E-state index in [-0.39, 0.29) is 0 Å². The van der Waals surface area contributed by atoms with Crippen molar-refractivity contribution < 1.29 is 0 Å². The van der Waals surface area contributed by atoms with Gasteiger partial charge in [0, 0.05) is 24.4 Å². The second-order valence-corrected chi connectivity index (χ2v) is 6.09. The quantitative estimate of drug-likeness (QED) is 0.875. The zero-order chi connectivity index (χ0) is 12.3. The minimum atomic E-state index is 0.810. The van der Waals surface area contributed by atoms with Gasteiger partial charge in [0.25, 0.3) is 0 Å². The highest BCUT2D eigenvalue weighted by Crippen LogP contribution is 2.36. The van der Waals surface area contributed by atoms with Crippen molar-refractivity contribution in [1.29, 1.82) is 0 Å². The lowest BCUT2D eigenvalue weighted by Gasteiger charge is -2.11. The third kappa shape index (κ3) is 3.05. The van der Waals surface area contributed by atoms with Crippen LogP contribution in [0.5, 0.6) is 0 Å². The van der Waals surface area contributed by atoms with Gasteiger partial charge in [0.2, 0.25) is 0 Å². The molecule has 0 bridgehead atoms. The van der Waals surface area contributed by atoms with Crippen LogP contribution in [0.2, 0.25) is 0 Å². The van der Waals surface area contributed by atoms with Gasteiger partial charge >= 0.3 is 0 Å². The molecule has 1 aromatic rings. The van der Waals surface area contributed by atoms with Crippen molar-refractivity contribution in [3.05, 3.63) is 11.3 Å². The lowest BCUT2D eigenvalue weighted by atomic mass is 10.2. The number of hydrogen-bond donors (Lipinski definition) is 1. The van der Waals surface area contributed by atoms with E-state index in [0.29, 0.717) is 0 Å². The average Bonchev–Trinajstić information content (AvgIpc) is 2.88. The molecule has 17 heavy (non-hydrogen) atoms. The smallest absolute Gasteiger partial charge is 0.0987 e. The van der Waals surface area contributed by atoms with Crippen molar-refractivity contribution in [2.24, 2.45) is 7.05 Å². The van der Waals surface area contributed by atoms with Crippen LogP contribution in [0.15, 0.2) is 5.03 Å². The Hall–Kier alpha value is -0.480. The zero-order valence-corrected chi connectivity index (χ0v) is 11.9. The molecule has 2 rings (SSSR count). The van der Waals surface area contributed by atoms with Crippen molar-refractivity contribution in [1.82, 2.24) is 15.1 Å². The molecule has 1 saturated carbocycles. The molecule has 96 valence electrons. The number of rotatable bonds is 5. The fourth-order valence-electron chi connectivity index (χ4n) is 2.45. The van der Waals surface area contributed by atoms with Crippen LogP contribution in [0.25, 0.3) is 0 Å². The predicted molar refractivity (Wildman–Crippen MR) is 73.4 cm³/mol. The fourth-order valence-corrected chi connectivity index (χ4v) is 3.89. The highest BCUT2D eigenvalue weighted by atomic mass is 32.2. The molecule has 4 heteroatoms. The monoisotopic (exact) mass is 253 g/mol. The first-order chi connectivity index (χ1) is 8.22. The minimum absolute atomic E-state index is 0.810. The van der Waals surface area contributed by atoms with Crippen LogP contribution in [0.3, 0.4) is 0 Å². The lowest BCUT2D eigenvalue weighted by Crippen LogP contribution is -2.13. The Bertz CT molecular complexity index is 367. The summed E-state index contributed by atoms with van der Waals surface area (Å²) in [4.78, 5) is 0. The van der Waals surface area contributed by atoms with Gasteiger partial charge in [0.15, 0.2) is 0 Å². The maximum absolute atomic E-state index is 4.56. The summed E-state index contributed by atoms with van der Waals surface area (Å²) >= 11 is 2.04. The maximum Gasteiger partial charge on any atom is 0.0987 e. The molecule has 0 atom stereocenters. The Morgan fingerprint density at radius 2 is 2.12 bits per heavy atom. The molecule has 0 saturated heterocycles. The largest absolute Gasteiger partial charge is 0.313 e. The first-order valence-electron chi connectivity index (χ1n) is 6.62. The molecule has 0 aliphatic heterocycles. The van der Waals surface area contributed by atoms with Crippen LogP contribution in [0, 0.1) is 6.92 Å². The Kier molecular flexibility index (Phi) is 4.51. The van der Waals surface area contributed by atoms with E-state index in [0.717, 1.165) is 18.3 Å². The predicted octanol–water partition coefficient (Wildman–Crippen LogP) is 2.87. The molecular weight excluding hydrogens is 230 g/mol. The van der Waals surface area contributed by atoms with Crippen LogP contribution in [0.1, 0.15) is 43.9 Å². The highest BCUT2D eigenvalue weighted by Gasteiger charge is 2.21. The molecule has 0 aromatic carbocycles. The number of nitrogens with one attached hydrogen (secondary N) is 1. The highest BCUT2D eigenvalue weighted by molar-refractivity contribution is 7.99. The van der Waals surface area contributed by atoms with E-state index >= 15 is 0 Å². The molecule has 0 radical (unpaired) electrons. The molecule has 3 nitrogen and oxygen atoms in total. The maximum atomic E-state index is 4.56. The van der Waals surface area contributed by atoms with Crippen molar-refractivity contribution in [2.45, 2.75) is 56.4 Å². The SMILES string of the molecule is CCNCc1c(C)nn(C)c1SC1CCCC1. The van der Waals surface area contributed by atoms with Crippen LogP contribution in [-0.2, 0) is 13.6 Å². The van der Waals surface area contributed by atoms with Crippen LogP contribution in [-0.4, -0.2) is 21.6 Å². The summed E-state index contributed by atoms with van der Waals surface area (Å²) < 4.78 is 2.06. The van der Waals surface area contributed by atoms with E-state index in [2.05, 4.69) is 36.0 Å². The van der Waals surface area contributed by atoms with Crippen LogP contribution < -0.4 is 5.32 Å². The third-order valence-electron chi connectivity index (χ3n) is 3.42. The fraction of sp³-hybridized carbons (Fsp3) is 0.769. The molecule has 1 aliphatic rings. The second kappa shape index (κ2) is 5.91. The van der Waals surface area contributed by atoms with E-state index in [1.807, 2.05) is 11.8 Å². The van der Waals surface area contributed by atoms with Gasteiger partial charge in [-0.25, -0.2) is 0 Å². The van der Waals surface area contributed by atoms with Gasteiger partial charge in [0.05, 0.1) is 10.7 Å². The molecule has 1 aromatic heterocycles. The summed E-state index contributed by atoms with van der Waals surface area (Å²) in [5.41, 5.74) is 2.57. The molecule has 0 amide bonds. The van der Waals surface area contributed by atoms with Gasteiger partial charge < -0.3 is 5.32 Å². The summed E-state index contributed by atoms with van der Waals surface area (Å²) in [6, 6.07) is 0. The molecule has 1 heterocycles. The molecule has 1 N–H and O–H groups in total. The minimum Gasteiger partial charge on any atom is -0.313 e. The number of nitrogens with zero attached hydrogens (tertiary/aromatic N) is 2. The molecule has 0 spiro atoms. The summed E-state index contributed by atoms with van der Waals surface area (Å²) in [6.07, 6.45) is 5.54. The van der Waals surface area contributed by atoms with Crippen LogP contribution in [0.4, 0.5) is 0 Å². The number of aryl methyl sites for hydroxylation is 2. The van der Waals surface area contributed by atoms with Gasteiger partial charge in [-0.1, -0.05) is 19.8 Å². The Morgan fingerprint density at radius 3 is 2.76 bits per heavy atom. The number of hydrogen-bond acceptors (Lipinski definition) is 3. The topological polar surface area (TPSA) is 29.9 Å². The van der Waals surface area contributed by atoms with Gasteiger partial charge in [-0.05, 0) is 26.3 Å². The summed E-state index contributed by atoms with van der Waals surface area (Å²) in [5.74, 6) is 0. The molecule has 1 aliphatic carbocycles. The summed E-state index contributed by atoms with van der Waals surface area (Å²) in [7, 11) is 2.07. The van der Waals surface area contributed by atoms with E-state index in [1.165, 1.54) is 42.0 Å². The van der Waals surface area contributed by atoms with Crippen molar-refractivity contribution in [2.75, 3.05) is 6.54 Å². The number of thioether (sulfide) groups is 1. The van der Waals surface area contributed by atoms with Crippen molar-refractivity contribution in [3.8, 4) is 0 Å². The summed E-state index contributed by atoms with van der Waals surface area (Å²) in [5, 5.41) is 10.2. The first kappa shape index (κ1) is 13.0. The van der Waals surface area contributed by atoms with Gasteiger partial charge in [-0.3, -0.25) is 4.68 Å². The Labute approximate surface area is 108 Å². The Balaban J connectivity index is 2.12. The van der Waals surface area contributed by atoms with E-state index in [4.69, 9.17) is 0 Å². The standard InChI is InChI=1S/C13H23N3S/c1-4-14-9-12-10(2)15-16(3)13(12)17-11-7-5-6-8-11/h11,14H,4-9H2,1-3H3. The van der Waals surface area contributed by atoms with Gasteiger partial charge in [0.1, 0.15) is 0 Å². The first-order valence-corrected chi connectivity index (χ1v) is 7.50. The normalized spacial score (nSPS) is 16.9. The van der Waals surface area contributed by atoms with Crippen molar-refractivity contribution >= 4 is 11.8 Å². The molecule has 1 fully saturated rings. The zero-order valence-electron chi connectivity index (χ0n) is 11.1. The van der Waals surface area contributed by atoms with Crippen LogP contribution >= 0.6 is 11.8 Å².